The van der Waals surface area contributed by atoms with Crippen LogP contribution in [0.15, 0.2) is 47.4 Å². The largest absolute Gasteiger partial charge is 0.223 e. The van der Waals surface area contributed by atoms with Gasteiger partial charge in [-0.15, -0.1) is 0 Å². The lowest BCUT2D eigenvalue weighted by atomic mass is 9.89. The minimum atomic E-state index is -3.36. The SMILES string of the molecule is CC(C)c1cc(C(C)C)c(S(=O)(=O)[C@@H]2C[C@H]2c2ccccc2)c(C(C)C)c1. The van der Waals surface area contributed by atoms with Crippen LogP contribution in [-0.2, 0) is 9.84 Å². The van der Waals surface area contributed by atoms with Gasteiger partial charge in [0.05, 0.1) is 10.1 Å². The molecule has 0 N–H and O–H groups in total. The predicted octanol–water partition coefficient (Wildman–Crippen LogP) is 6.39. The van der Waals surface area contributed by atoms with Crippen molar-refractivity contribution in [3.63, 3.8) is 0 Å². The lowest BCUT2D eigenvalue weighted by molar-refractivity contribution is 0.588. The number of rotatable bonds is 6. The Morgan fingerprint density at radius 1 is 0.815 bits per heavy atom. The van der Waals surface area contributed by atoms with Gasteiger partial charge < -0.3 is 0 Å². The molecule has 2 nitrogen and oxygen atoms in total. The predicted molar refractivity (Wildman–Crippen MR) is 113 cm³/mol. The molecule has 3 heteroatoms. The van der Waals surface area contributed by atoms with Gasteiger partial charge in [-0.1, -0.05) is 84.0 Å². The normalized spacial score (nSPS) is 19.9. The third-order valence-electron chi connectivity index (χ3n) is 5.72. The van der Waals surface area contributed by atoms with Crippen molar-refractivity contribution in [3.8, 4) is 0 Å². The summed E-state index contributed by atoms with van der Waals surface area (Å²) >= 11 is 0. The van der Waals surface area contributed by atoms with Gasteiger partial charge in [0, 0.05) is 5.92 Å². The molecule has 0 amide bonds. The molecule has 146 valence electrons. The van der Waals surface area contributed by atoms with Crippen molar-refractivity contribution in [2.45, 2.75) is 81.8 Å². The molecule has 2 aromatic rings. The Kier molecular flexibility index (Phi) is 5.54. The Morgan fingerprint density at radius 3 is 1.78 bits per heavy atom. The van der Waals surface area contributed by atoms with Gasteiger partial charge in [0.2, 0.25) is 0 Å². The second kappa shape index (κ2) is 7.43. The molecule has 0 spiro atoms. The fourth-order valence-electron chi connectivity index (χ4n) is 3.94. The van der Waals surface area contributed by atoms with Crippen LogP contribution in [0.2, 0.25) is 0 Å². The van der Waals surface area contributed by atoms with E-state index in [9.17, 15) is 8.42 Å². The molecular weight excluding hydrogens is 352 g/mol. The Balaban J connectivity index is 2.12. The molecule has 2 aromatic carbocycles. The smallest absolute Gasteiger partial charge is 0.182 e. The van der Waals surface area contributed by atoms with E-state index in [1.165, 1.54) is 5.56 Å². The molecule has 27 heavy (non-hydrogen) atoms. The Morgan fingerprint density at radius 2 is 1.33 bits per heavy atom. The first kappa shape index (κ1) is 20.1. The molecule has 0 aromatic heterocycles. The average molecular weight is 385 g/mol. The zero-order valence-electron chi connectivity index (χ0n) is 17.4. The number of benzene rings is 2. The van der Waals surface area contributed by atoms with E-state index >= 15 is 0 Å². The Bertz CT molecular complexity index is 880. The van der Waals surface area contributed by atoms with Crippen LogP contribution >= 0.6 is 0 Å². The van der Waals surface area contributed by atoms with Gasteiger partial charge in [-0.25, -0.2) is 8.42 Å². The highest BCUT2D eigenvalue weighted by molar-refractivity contribution is 7.92. The van der Waals surface area contributed by atoms with Crippen LogP contribution in [0, 0.1) is 0 Å². The summed E-state index contributed by atoms with van der Waals surface area (Å²) in [5.41, 5.74) is 4.35. The quantitative estimate of drug-likeness (QED) is 0.578. The topological polar surface area (TPSA) is 34.1 Å². The number of hydrogen-bond acceptors (Lipinski definition) is 2. The minimum Gasteiger partial charge on any atom is -0.223 e. The van der Waals surface area contributed by atoms with Crippen molar-refractivity contribution in [1.29, 1.82) is 0 Å². The molecule has 0 aliphatic heterocycles. The summed E-state index contributed by atoms with van der Waals surface area (Å²) in [7, 11) is -3.36. The lowest BCUT2D eigenvalue weighted by Gasteiger charge is -2.23. The maximum atomic E-state index is 13.7. The molecule has 0 heterocycles. The van der Waals surface area contributed by atoms with Crippen molar-refractivity contribution in [3.05, 3.63) is 64.7 Å². The molecule has 1 saturated carbocycles. The maximum absolute atomic E-state index is 13.7. The first-order valence-electron chi connectivity index (χ1n) is 10.1. The highest BCUT2D eigenvalue weighted by Crippen LogP contribution is 2.50. The van der Waals surface area contributed by atoms with E-state index in [0.717, 1.165) is 23.1 Å². The highest BCUT2D eigenvalue weighted by Gasteiger charge is 2.50. The van der Waals surface area contributed by atoms with E-state index in [1.807, 2.05) is 18.2 Å². The molecule has 0 unspecified atom stereocenters. The fraction of sp³-hybridized carbons (Fsp3) is 0.500. The Labute approximate surface area is 164 Å². The summed E-state index contributed by atoms with van der Waals surface area (Å²) in [5, 5.41) is -0.292. The standard InChI is InChI=1S/C24H32O2S/c1-15(2)19-12-20(16(3)4)24(21(13-19)17(5)6)27(25,26)23-14-22(23)18-10-8-7-9-11-18/h7-13,15-17,22-23H,14H2,1-6H3/t22-,23+/m0/s1. The monoisotopic (exact) mass is 384 g/mol. The average Bonchev–Trinajstić information content (AvgIpc) is 3.42. The fourth-order valence-corrected chi connectivity index (χ4v) is 6.53. The van der Waals surface area contributed by atoms with Crippen LogP contribution in [0.3, 0.4) is 0 Å². The van der Waals surface area contributed by atoms with Crippen molar-refractivity contribution >= 4 is 9.84 Å². The molecule has 0 radical (unpaired) electrons. The summed E-state index contributed by atoms with van der Waals surface area (Å²) in [6, 6.07) is 14.3. The summed E-state index contributed by atoms with van der Waals surface area (Å²) in [6.07, 6.45) is 0.730. The van der Waals surface area contributed by atoms with Crippen molar-refractivity contribution in [2.24, 2.45) is 0 Å². The van der Waals surface area contributed by atoms with Crippen LogP contribution in [0.25, 0.3) is 0 Å². The summed E-state index contributed by atoms with van der Waals surface area (Å²) < 4.78 is 27.4. The second-order valence-corrected chi connectivity index (χ2v) is 10.9. The molecule has 1 aliphatic rings. The third-order valence-corrected chi connectivity index (χ3v) is 8.08. The molecule has 1 fully saturated rings. The zero-order chi connectivity index (χ0) is 19.9. The van der Waals surface area contributed by atoms with Gasteiger partial charge in [0.1, 0.15) is 0 Å². The number of hydrogen-bond donors (Lipinski definition) is 0. The van der Waals surface area contributed by atoms with Crippen molar-refractivity contribution in [2.75, 3.05) is 0 Å². The lowest BCUT2D eigenvalue weighted by Crippen LogP contribution is -2.17. The van der Waals surface area contributed by atoms with E-state index < -0.39 is 9.84 Å². The van der Waals surface area contributed by atoms with Crippen LogP contribution in [-0.4, -0.2) is 13.7 Å². The summed E-state index contributed by atoms with van der Waals surface area (Å²) in [5.74, 6) is 0.871. The van der Waals surface area contributed by atoms with Gasteiger partial charge in [0.15, 0.2) is 9.84 Å². The molecule has 0 bridgehead atoms. The van der Waals surface area contributed by atoms with Crippen LogP contribution in [0.1, 0.15) is 93.9 Å². The highest BCUT2D eigenvalue weighted by atomic mass is 32.2. The molecular formula is C24H32O2S. The van der Waals surface area contributed by atoms with E-state index in [-0.39, 0.29) is 23.0 Å². The molecule has 3 rings (SSSR count). The van der Waals surface area contributed by atoms with Crippen LogP contribution in [0.5, 0.6) is 0 Å². The van der Waals surface area contributed by atoms with Gasteiger partial charge in [-0.2, -0.15) is 0 Å². The third kappa shape index (κ3) is 3.85. The number of sulfone groups is 1. The Hall–Kier alpha value is -1.61. The van der Waals surface area contributed by atoms with E-state index in [0.29, 0.717) is 10.8 Å². The minimum absolute atomic E-state index is 0.126. The first-order chi connectivity index (χ1) is 12.6. The van der Waals surface area contributed by atoms with Crippen molar-refractivity contribution in [1.82, 2.24) is 0 Å². The van der Waals surface area contributed by atoms with Gasteiger partial charge in [0.25, 0.3) is 0 Å². The molecule has 0 saturated heterocycles. The van der Waals surface area contributed by atoms with Gasteiger partial charge >= 0.3 is 0 Å². The maximum Gasteiger partial charge on any atom is 0.182 e. The molecule has 2 atom stereocenters. The second-order valence-electron chi connectivity index (χ2n) is 8.83. The van der Waals surface area contributed by atoms with E-state index in [4.69, 9.17) is 0 Å². The van der Waals surface area contributed by atoms with Crippen LogP contribution < -0.4 is 0 Å². The van der Waals surface area contributed by atoms with E-state index in [1.54, 1.807) is 0 Å². The molecule has 1 aliphatic carbocycles. The van der Waals surface area contributed by atoms with Gasteiger partial charge in [-0.05, 0) is 46.4 Å². The van der Waals surface area contributed by atoms with E-state index in [2.05, 4.69) is 65.8 Å². The summed E-state index contributed by atoms with van der Waals surface area (Å²) in [6.45, 7) is 12.7. The van der Waals surface area contributed by atoms with Gasteiger partial charge in [-0.3, -0.25) is 0 Å². The zero-order valence-corrected chi connectivity index (χ0v) is 18.2. The van der Waals surface area contributed by atoms with Crippen molar-refractivity contribution < 1.29 is 8.42 Å². The summed E-state index contributed by atoms with van der Waals surface area (Å²) in [4.78, 5) is 0.611. The first-order valence-corrected chi connectivity index (χ1v) is 11.7. The van der Waals surface area contributed by atoms with Crippen LogP contribution in [0.4, 0.5) is 0 Å².